The minimum Gasteiger partial charge on any atom is -0.397 e. The predicted octanol–water partition coefficient (Wildman–Crippen LogP) is 1.51. The molecule has 4 heteroatoms. The standard InChI is InChI=1S/C10H10N2OS/c11-9(13)5-8-10(12)6-3-1-2-4-7(6)14-8/h1-4H,5,12H2,(H2,11,13). The zero-order chi connectivity index (χ0) is 10.1. The molecule has 2 aromatic rings. The summed E-state index contributed by atoms with van der Waals surface area (Å²) in [7, 11) is 0. The van der Waals surface area contributed by atoms with Gasteiger partial charge in [0.1, 0.15) is 0 Å². The first-order valence-electron chi connectivity index (χ1n) is 4.22. The Kier molecular flexibility index (Phi) is 2.13. The Morgan fingerprint density at radius 2 is 2.07 bits per heavy atom. The van der Waals surface area contributed by atoms with E-state index in [2.05, 4.69) is 0 Å². The van der Waals surface area contributed by atoms with Crippen LogP contribution in [0.25, 0.3) is 10.1 Å². The van der Waals surface area contributed by atoms with Gasteiger partial charge in [0.2, 0.25) is 5.91 Å². The van der Waals surface area contributed by atoms with Gasteiger partial charge in [0, 0.05) is 15.0 Å². The topological polar surface area (TPSA) is 69.1 Å². The number of hydrogen-bond acceptors (Lipinski definition) is 3. The van der Waals surface area contributed by atoms with Gasteiger partial charge < -0.3 is 11.5 Å². The van der Waals surface area contributed by atoms with Gasteiger partial charge in [-0.25, -0.2) is 0 Å². The fraction of sp³-hybridized carbons (Fsp3) is 0.100. The Bertz CT molecular complexity index is 490. The molecule has 1 amide bonds. The molecule has 14 heavy (non-hydrogen) atoms. The monoisotopic (exact) mass is 206 g/mol. The van der Waals surface area contributed by atoms with Crippen LogP contribution >= 0.6 is 11.3 Å². The zero-order valence-corrected chi connectivity index (χ0v) is 8.30. The van der Waals surface area contributed by atoms with Crippen LogP contribution in [0.15, 0.2) is 24.3 Å². The lowest BCUT2D eigenvalue weighted by Crippen LogP contribution is -2.13. The lowest BCUT2D eigenvalue weighted by atomic mass is 10.2. The molecule has 0 saturated carbocycles. The van der Waals surface area contributed by atoms with Crippen molar-refractivity contribution in [2.75, 3.05) is 5.73 Å². The Balaban J connectivity index is 2.57. The maximum absolute atomic E-state index is 10.8. The van der Waals surface area contributed by atoms with E-state index in [4.69, 9.17) is 11.5 Å². The van der Waals surface area contributed by atoms with E-state index in [1.54, 1.807) is 0 Å². The highest BCUT2D eigenvalue weighted by Gasteiger charge is 2.10. The summed E-state index contributed by atoms with van der Waals surface area (Å²) in [6.07, 6.45) is 0.227. The van der Waals surface area contributed by atoms with Gasteiger partial charge in [0.15, 0.2) is 0 Å². The van der Waals surface area contributed by atoms with E-state index in [1.807, 2.05) is 24.3 Å². The molecule has 2 rings (SSSR count). The van der Waals surface area contributed by atoms with Gasteiger partial charge in [-0.15, -0.1) is 11.3 Å². The number of amides is 1. The van der Waals surface area contributed by atoms with Gasteiger partial charge in [-0.3, -0.25) is 4.79 Å². The van der Waals surface area contributed by atoms with Gasteiger partial charge in [-0.05, 0) is 6.07 Å². The molecular formula is C10H10N2OS. The third-order valence-corrected chi connectivity index (χ3v) is 3.23. The molecule has 0 radical (unpaired) electrons. The van der Waals surface area contributed by atoms with Gasteiger partial charge in [0.25, 0.3) is 0 Å². The molecule has 0 unspecified atom stereocenters. The van der Waals surface area contributed by atoms with Gasteiger partial charge in [0.05, 0.1) is 12.1 Å². The molecule has 0 spiro atoms. The van der Waals surface area contributed by atoms with Crippen molar-refractivity contribution in [1.82, 2.24) is 0 Å². The Morgan fingerprint density at radius 1 is 1.36 bits per heavy atom. The largest absolute Gasteiger partial charge is 0.397 e. The lowest BCUT2D eigenvalue weighted by Gasteiger charge is -1.94. The fourth-order valence-corrected chi connectivity index (χ4v) is 2.54. The zero-order valence-electron chi connectivity index (χ0n) is 7.49. The molecule has 0 aliphatic rings. The number of thiophene rings is 1. The summed E-state index contributed by atoms with van der Waals surface area (Å²) in [5.41, 5.74) is 11.7. The third kappa shape index (κ3) is 1.44. The maximum atomic E-state index is 10.8. The smallest absolute Gasteiger partial charge is 0.222 e. The van der Waals surface area contributed by atoms with Crippen LogP contribution < -0.4 is 11.5 Å². The lowest BCUT2D eigenvalue weighted by molar-refractivity contribution is -0.117. The van der Waals surface area contributed by atoms with Gasteiger partial charge in [-0.2, -0.15) is 0 Å². The molecule has 0 aliphatic carbocycles. The predicted molar refractivity (Wildman–Crippen MR) is 59.1 cm³/mol. The fourth-order valence-electron chi connectivity index (χ4n) is 1.41. The number of primary amides is 1. The summed E-state index contributed by atoms with van der Waals surface area (Å²) in [4.78, 5) is 11.6. The second-order valence-electron chi connectivity index (χ2n) is 3.08. The molecule has 0 atom stereocenters. The van der Waals surface area contributed by atoms with Crippen LogP contribution in [0.4, 0.5) is 5.69 Å². The van der Waals surface area contributed by atoms with Crippen molar-refractivity contribution in [2.45, 2.75) is 6.42 Å². The molecule has 0 bridgehead atoms. The van der Waals surface area contributed by atoms with Crippen molar-refractivity contribution in [2.24, 2.45) is 5.73 Å². The van der Waals surface area contributed by atoms with Gasteiger partial charge >= 0.3 is 0 Å². The first-order chi connectivity index (χ1) is 6.68. The van der Waals surface area contributed by atoms with E-state index in [-0.39, 0.29) is 12.3 Å². The van der Waals surface area contributed by atoms with E-state index < -0.39 is 0 Å². The van der Waals surface area contributed by atoms with Crippen LogP contribution in [-0.4, -0.2) is 5.91 Å². The molecular weight excluding hydrogens is 196 g/mol. The summed E-state index contributed by atoms with van der Waals surface area (Å²) >= 11 is 1.53. The van der Waals surface area contributed by atoms with Crippen molar-refractivity contribution < 1.29 is 4.79 Å². The molecule has 1 aromatic heterocycles. The Hall–Kier alpha value is -1.55. The molecule has 1 aromatic carbocycles. The summed E-state index contributed by atoms with van der Waals surface area (Å²) < 4.78 is 1.10. The molecule has 0 aliphatic heterocycles. The number of carbonyl (C=O) groups excluding carboxylic acids is 1. The second kappa shape index (κ2) is 3.31. The average molecular weight is 206 g/mol. The third-order valence-electron chi connectivity index (χ3n) is 2.05. The van der Waals surface area contributed by atoms with Crippen LogP contribution in [0.5, 0.6) is 0 Å². The highest BCUT2D eigenvalue weighted by Crippen LogP contribution is 2.33. The molecule has 1 heterocycles. The van der Waals surface area contributed by atoms with Crippen LogP contribution in [0.2, 0.25) is 0 Å². The van der Waals surface area contributed by atoms with Crippen molar-refractivity contribution in [3.05, 3.63) is 29.1 Å². The summed E-state index contributed by atoms with van der Waals surface area (Å²) in [6.45, 7) is 0. The molecule has 72 valence electrons. The maximum Gasteiger partial charge on any atom is 0.222 e. The minimum atomic E-state index is -0.344. The summed E-state index contributed by atoms with van der Waals surface area (Å²) in [5, 5.41) is 1.01. The van der Waals surface area contributed by atoms with E-state index in [9.17, 15) is 4.79 Å². The van der Waals surface area contributed by atoms with Gasteiger partial charge in [-0.1, -0.05) is 18.2 Å². The number of rotatable bonds is 2. The van der Waals surface area contributed by atoms with Crippen LogP contribution in [0, 0.1) is 0 Å². The van der Waals surface area contributed by atoms with E-state index in [0.29, 0.717) is 5.69 Å². The normalized spacial score (nSPS) is 10.6. The van der Waals surface area contributed by atoms with Crippen molar-refractivity contribution in [1.29, 1.82) is 0 Å². The molecule has 0 fully saturated rings. The van der Waals surface area contributed by atoms with Crippen molar-refractivity contribution in [3.8, 4) is 0 Å². The number of benzene rings is 1. The summed E-state index contributed by atoms with van der Waals surface area (Å²) in [6, 6.07) is 7.82. The highest BCUT2D eigenvalue weighted by atomic mass is 32.1. The van der Waals surface area contributed by atoms with Crippen molar-refractivity contribution in [3.63, 3.8) is 0 Å². The van der Waals surface area contributed by atoms with Crippen LogP contribution in [0.1, 0.15) is 4.88 Å². The first kappa shape index (κ1) is 9.02. The van der Waals surface area contributed by atoms with Crippen molar-refractivity contribution >= 4 is 33.0 Å². The quantitative estimate of drug-likeness (QED) is 0.782. The number of fused-ring (bicyclic) bond motifs is 1. The Morgan fingerprint density at radius 3 is 2.71 bits per heavy atom. The number of hydrogen-bond donors (Lipinski definition) is 2. The molecule has 4 N–H and O–H groups in total. The van der Waals surface area contributed by atoms with E-state index in [0.717, 1.165) is 15.0 Å². The highest BCUT2D eigenvalue weighted by molar-refractivity contribution is 7.19. The average Bonchev–Trinajstić information content (AvgIpc) is 2.44. The number of nitrogens with two attached hydrogens (primary N) is 2. The van der Waals surface area contributed by atoms with Crippen LogP contribution in [-0.2, 0) is 11.2 Å². The first-order valence-corrected chi connectivity index (χ1v) is 5.04. The SMILES string of the molecule is NC(=O)Cc1sc2ccccc2c1N. The second-order valence-corrected chi connectivity index (χ2v) is 4.21. The van der Waals surface area contributed by atoms with Crippen LogP contribution in [0.3, 0.4) is 0 Å². The Labute approximate surface area is 85.3 Å². The number of nitrogen functional groups attached to an aromatic ring is 1. The van der Waals surface area contributed by atoms with E-state index >= 15 is 0 Å². The molecule has 3 nitrogen and oxygen atoms in total. The number of anilines is 1. The number of carbonyl (C=O) groups is 1. The summed E-state index contributed by atoms with van der Waals surface area (Å²) in [5.74, 6) is -0.344. The molecule has 0 saturated heterocycles. The van der Waals surface area contributed by atoms with E-state index in [1.165, 1.54) is 11.3 Å². The minimum absolute atomic E-state index is 0.227.